The number of nitrogens with two attached hydrogens (primary N) is 1. The topological polar surface area (TPSA) is 84.2 Å². The van der Waals surface area contributed by atoms with Crippen molar-refractivity contribution in [1.29, 1.82) is 0 Å². The lowest BCUT2D eigenvalue weighted by Crippen LogP contribution is -2.20. The minimum absolute atomic E-state index is 0.160. The van der Waals surface area contributed by atoms with Crippen LogP contribution in [-0.2, 0) is 16.6 Å². The molecule has 0 aliphatic rings. The van der Waals surface area contributed by atoms with E-state index in [1.54, 1.807) is 23.5 Å². The van der Waals surface area contributed by atoms with Gasteiger partial charge in [0.15, 0.2) is 0 Å². The Kier molecular flexibility index (Phi) is 4.32. The van der Waals surface area contributed by atoms with Crippen LogP contribution in [0.3, 0.4) is 0 Å². The van der Waals surface area contributed by atoms with E-state index in [0.29, 0.717) is 17.9 Å². The van der Waals surface area contributed by atoms with Crippen LogP contribution < -0.4 is 15.8 Å². The normalized spacial score (nSPS) is 11.5. The van der Waals surface area contributed by atoms with Gasteiger partial charge in [0.05, 0.1) is 5.69 Å². The Balaban J connectivity index is 2.27. The Morgan fingerprint density at radius 3 is 2.60 bits per heavy atom. The number of thiophene rings is 1. The molecule has 1 aromatic carbocycles. The molecule has 2 aromatic rings. The van der Waals surface area contributed by atoms with Crippen molar-refractivity contribution in [2.45, 2.75) is 18.4 Å². The number of rotatable bonds is 5. The van der Waals surface area contributed by atoms with Gasteiger partial charge in [-0.1, -0.05) is 0 Å². The van der Waals surface area contributed by atoms with Crippen LogP contribution in [0.15, 0.2) is 35.2 Å². The van der Waals surface area contributed by atoms with E-state index in [1.165, 1.54) is 18.0 Å². The van der Waals surface area contributed by atoms with E-state index in [9.17, 15) is 8.42 Å². The van der Waals surface area contributed by atoms with Crippen molar-refractivity contribution in [3.8, 4) is 0 Å². The Morgan fingerprint density at radius 1 is 1.25 bits per heavy atom. The maximum Gasteiger partial charge on any atom is 0.242 e. The molecule has 108 valence electrons. The fourth-order valence-electron chi connectivity index (χ4n) is 1.78. The quantitative estimate of drug-likeness (QED) is 0.739. The number of anilines is 2. The molecule has 0 fully saturated rings. The van der Waals surface area contributed by atoms with Gasteiger partial charge in [-0.25, -0.2) is 13.1 Å². The van der Waals surface area contributed by atoms with Gasteiger partial charge >= 0.3 is 0 Å². The van der Waals surface area contributed by atoms with Crippen LogP contribution >= 0.6 is 11.3 Å². The molecule has 0 atom stereocenters. The molecule has 0 unspecified atom stereocenters. The largest absolute Gasteiger partial charge is 0.399 e. The maximum atomic E-state index is 12.0. The van der Waals surface area contributed by atoms with Crippen LogP contribution in [-0.4, -0.2) is 15.5 Å². The predicted molar refractivity (Wildman–Crippen MR) is 83.5 cm³/mol. The van der Waals surface area contributed by atoms with Crippen molar-refractivity contribution in [3.05, 3.63) is 40.1 Å². The molecule has 0 saturated carbocycles. The standard InChI is InChI=1S/C13H17N3O2S2/c1-9-3-5-11(19-9)8-16-12-6-4-10(14)7-13(12)20(17,18)15-2/h3-7,15-16H,8,14H2,1-2H3. The van der Waals surface area contributed by atoms with Crippen molar-refractivity contribution >= 4 is 32.7 Å². The molecule has 0 aliphatic carbocycles. The molecule has 0 spiro atoms. The minimum Gasteiger partial charge on any atom is -0.399 e. The molecule has 4 N–H and O–H groups in total. The Hall–Kier alpha value is -1.57. The second kappa shape index (κ2) is 5.82. The van der Waals surface area contributed by atoms with E-state index in [1.807, 2.05) is 19.1 Å². The predicted octanol–water partition coefficient (Wildman–Crippen LogP) is 2.16. The Morgan fingerprint density at radius 2 is 2.00 bits per heavy atom. The highest BCUT2D eigenvalue weighted by Crippen LogP contribution is 2.25. The molecule has 0 saturated heterocycles. The summed E-state index contributed by atoms with van der Waals surface area (Å²) in [7, 11) is -2.16. The molecular weight excluding hydrogens is 294 g/mol. The summed E-state index contributed by atoms with van der Waals surface area (Å²) in [6.07, 6.45) is 0. The van der Waals surface area contributed by atoms with Crippen LogP contribution in [0.25, 0.3) is 0 Å². The summed E-state index contributed by atoms with van der Waals surface area (Å²) in [5.41, 5.74) is 6.63. The van der Waals surface area contributed by atoms with Crippen LogP contribution in [0.2, 0.25) is 0 Å². The van der Waals surface area contributed by atoms with Crippen molar-refractivity contribution in [2.24, 2.45) is 0 Å². The van der Waals surface area contributed by atoms with Crippen LogP contribution in [0.5, 0.6) is 0 Å². The molecule has 0 amide bonds. The molecule has 0 bridgehead atoms. The van der Waals surface area contributed by atoms with Crippen LogP contribution in [0.1, 0.15) is 9.75 Å². The van der Waals surface area contributed by atoms with Gasteiger partial charge in [0.2, 0.25) is 10.0 Å². The van der Waals surface area contributed by atoms with Crippen molar-refractivity contribution in [3.63, 3.8) is 0 Å². The average molecular weight is 311 g/mol. The van der Waals surface area contributed by atoms with Gasteiger partial charge < -0.3 is 11.1 Å². The molecule has 1 heterocycles. The zero-order valence-corrected chi connectivity index (χ0v) is 12.9. The number of benzene rings is 1. The van der Waals surface area contributed by atoms with E-state index in [2.05, 4.69) is 10.0 Å². The second-order valence-corrected chi connectivity index (χ2v) is 7.56. The fraction of sp³-hybridized carbons (Fsp3) is 0.231. The zero-order valence-electron chi connectivity index (χ0n) is 11.3. The monoisotopic (exact) mass is 311 g/mol. The number of sulfonamides is 1. The lowest BCUT2D eigenvalue weighted by molar-refractivity contribution is 0.588. The number of aryl methyl sites for hydroxylation is 1. The molecule has 0 aliphatic heterocycles. The highest BCUT2D eigenvalue weighted by molar-refractivity contribution is 7.89. The van der Waals surface area contributed by atoms with Gasteiger partial charge in [-0.2, -0.15) is 0 Å². The summed E-state index contributed by atoms with van der Waals surface area (Å²) in [6.45, 7) is 2.61. The summed E-state index contributed by atoms with van der Waals surface area (Å²) in [5.74, 6) is 0. The van der Waals surface area contributed by atoms with Gasteiger partial charge in [0.1, 0.15) is 4.90 Å². The van der Waals surface area contributed by atoms with Crippen LogP contribution in [0, 0.1) is 6.92 Å². The first-order valence-electron chi connectivity index (χ1n) is 6.04. The minimum atomic E-state index is -3.54. The lowest BCUT2D eigenvalue weighted by Gasteiger charge is -2.12. The van der Waals surface area contributed by atoms with E-state index in [4.69, 9.17) is 5.73 Å². The zero-order chi connectivity index (χ0) is 14.8. The molecule has 1 aromatic heterocycles. The third-order valence-electron chi connectivity index (χ3n) is 2.81. The maximum absolute atomic E-state index is 12.0. The van der Waals surface area contributed by atoms with Gasteiger partial charge in [0.25, 0.3) is 0 Å². The molecule has 2 rings (SSSR count). The second-order valence-electron chi connectivity index (χ2n) is 4.33. The smallest absolute Gasteiger partial charge is 0.242 e. The van der Waals surface area contributed by atoms with Crippen molar-refractivity contribution in [2.75, 3.05) is 18.1 Å². The Labute approximate surface area is 122 Å². The van der Waals surface area contributed by atoms with E-state index in [0.717, 1.165) is 4.88 Å². The third kappa shape index (κ3) is 3.30. The molecule has 7 heteroatoms. The third-order valence-corrected chi connectivity index (χ3v) is 5.27. The van der Waals surface area contributed by atoms with E-state index < -0.39 is 10.0 Å². The average Bonchev–Trinajstić information content (AvgIpc) is 2.83. The first-order chi connectivity index (χ1) is 9.42. The van der Waals surface area contributed by atoms with Crippen LogP contribution in [0.4, 0.5) is 11.4 Å². The highest BCUT2D eigenvalue weighted by Gasteiger charge is 2.17. The number of nitrogen functional groups attached to an aromatic ring is 1. The summed E-state index contributed by atoms with van der Waals surface area (Å²) >= 11 is 1.68. The van der Waals surface area contributed by atoms with Gasteiger partial charge in [-0.05, 0) is 44.3 Å². The van der Waals surface area contributed by atoms with Crippen molar-refractivity contribution < 1.29 is 8.42 Å². The fourth-order valence-corrected chi connectivity index (χ4v) is 3.55. The number of hydrogen-bond acceptors (Lipinski definition) is 5. The molecular formula is C13H17N3O2S2. The van der Waals surface area contributed by atoms with Gasteiger partial charge in [0, 0.05) is 22.0 Å². The molecule has 0 radical (unpaired) electrons. The first kappa shape index (κ1) is 14.8. The summed E-state index contributed by atoms with van der Waals surface area (Å²) in [6, 6.07) is 8.87. The number of hydrogen-bond donors (Lipinski definition) is 3. The van der Waals surface area contributed by atoms with Gasteiger partial charge in [-0.3, -0.25) is 0 Å². The summed E-state index contributed by atoms with van der Waals surface area (Å²) in [5, 5.41) is 3.15. The molecule has 5 nitrogen and oxygen atoms in total. The summed E-state index contributed by atoms with van der Waals surface area (Å²) in [4.78, 5) is 2.53. The van der Waals surface area contributed by atoms with Crippen molar-refractivity contribution in [1.82, 2.24) is 4.72 Å². The highest BCUT2D eigenvalue weighted by atomic mass is 32.2. The first-order valence-corrected chi connectivity index (χ1v) is 8.34. The number of nitrogens with one attached hydrogen (secondary N) is 2. The van der Waals surface area contributed by atoms with E-state index in [-0.39, 0.29) is 4.90 Å². The van der Waals surface area contributed by atoms with E-state index >= 15 is 0 Å². The SMILES string of the molecule is CNS(=O)(=O)c1cc(N)ccc1NCc1ccc(C)s1. The Bertz CT molecular complexity index is 708. The summed E-state index contributed by atoms with van der Waals surface area (Å²) < 4.78 is 26.3. The lowest BCUT2D eigenvalue weighted by atomic mass is 10.3. The van der Waals surface area contributed by atoms with Gasteiger partial charge in [-0.15, -0.1) is 11.3 Å². The molecule has 20 heavy (non-hydrogen) atoms.